The zero-order valence-corrected chi connectivity index (χ0v) is 17.4. The Balaban J connectivity index is 1.62. The second-order valence-corrected chi connectivity index (χ2v) is 8.11. The Bertz CT molecular complexity index is 1310. The third-order valence-corrected chi connectivity index (χ3v) is 5.82. The summed E-state index contributed by atoms with van der Waals surface area (Å²) in [6, 6.07) is 19.9. The van der Waals surface area contributed by atoms with E-state index in [2.05, 4.69) is 9.97 Å². The molecule has 0 saturated heterocycles. The van der Waals surface area contributed by atoms with Crippen molar-refractivity contribution < 1.29 is 18.3 Å². The van der Waals surface area contributed by atoms with Gasteiger partial charge in [-0.25, -0.2) is 13.8 Å². The molecule has 2 heterocycles. The lowest BCUT2D eigenvalue weighted by Crippen LogP contribution is -2.34. The molecule has 0 spiro atoms. The van der Waals surface area contributed by atoms with Crippen LogP contribution in [0.2, 0.25) is 5.02 Å². The predicted molar refractivity (Wildman–Crippen MR) is 117 cm³/mol. The fourth-order valence-corrected chi connectivity index (χ4v) is 4.35. The summed E-state index contributed by atoms with van der Waals surface area (Å²) in [6.07, 6.45) is 0.384. The molecule has 1 aliphatic rings. The van der Waals surface area contributed by atoms with Crippen molar-refractivity contribution in [1.29, 1.82) is 0 Å². The van der Waals surface area contributed by atoms with Gasteiger partial charge in [-0.05, 0) is 47.9 Å². The summed E-state index contributed by atoms with van der Waals surface area (Å²) in [7, 11) is 0. The monoisotopic (exact) mass is 450 g/mol. The van der Waals surface area contributed by atoms with Gasteiger partial charge in [0.15, 0.2) is 0 Å². The van der Waals surface area contributed by atoms with Crippen molar-refractivity contribution in [3.63, 3.8) is 0 Å². The number of benzene rings is 3. The van der Waals surface area contributed by atoms with Crippen molar-refractivity contribution in [1.82, 2.24) is 9.97 Å². The Morgan fingerprint density at radius 3 is 2.59 bits per heavy atom. The smallest absolute Gasteiger partial charge is 0.317 e. The molecule has 4 nitrogen and oxygen atoms in total. The average Bonchev–Trinajstić information content (AvgIpc) is 3.19. The molecule has 3 aromatic carbocycles. The minimum Gasteiger partial charge on any atom is -0.407 e. The number of carbonyl (C=O) groups is 1. The van der Waals surface area contributed by atoms with E-state index in [1.807, 2.05) is 48.5 Å². The maximum Gasteiger partial charge on any atom is 0.317 e. The number of imidazole rings is 1. The van der Waals surface area contributed by atoms with Gasteiger partial charge in [0.2, 0.25) is 5.88 Å². The molecule has 32 heavy (non-hydrogen) atoms. The van der Waals surface area contributed by atoms with E-state index in [0.29, 0.717) is 17.1 Å². The lowest BCUT2D eigenvalue weighted by molar-refractivity contribution is -0.141. The van der Waals surface area contributed by atoms with Crippen LogP contribution in [0.1, 0.15) is 22.7 Å². The number of hydrogen-bond donors (Lipinski definition) is 1. The van der Waals surface area contributed by atoms with Gasteiger partial charge in [0.1, 0.15) is 23.2 Å². The molecular formula is C25H17ClF2N2O2. The fraction of sp³-hybridized carbons (Fsp3) is 0.120. The molecule has 0 fully saturated rings. The second-order valence-electron chi connectivity index (χ2n) is 7.67. The minimum atomic E-state index is -0.629. The SMILES string of the molecule is O=C1Oc2[nH]c(-c3cc(F)ccc3F)nc2C(c2ccccc2)C1Cc1cccc(Cl)c1. The minimum absolute atomic E-state index is 0.0337. The van der Waals surface area contributed by atoms with Gasteiger partial charge < -0.3 is 9.72 Å². The van der Waals surface area contributed by atoms with Crippen molar-refractivity contribution in [2.45, 2.75) is 12.3 Å². The van der Waals surface area contributed by atoms with Gasteiger partial charge in [-0.1, -0.05) is 54.1 Å². The van der Waals surface area contributed by atoms with Crippen molar-refractivity contribution in [2.24, 2.45) is 5.92 Å². The van der Waals surface area contributed by atoms with Gasteiger partial charge in [0.25, 0.3) is 0 Å². The molecule has 4 aromatic rings. The van der Waals surface area contributed by atoms with Crippen molar-refractivity contribution >= 4 is 17.6 Å². The molecule has 2 unspecified atom stereocenters. The van der Waals surface area contributed by atoms with Crippen LogP contribution in [0, 0.1) is 17.6 Å². The van der Waals surface area contributed by atoms with Gasteiger partial charge in [0.05, 0.1) is 11.5 Å². The Hall–Kier alpha value is -3.51. The number of esters is 1. The number of hydrogen-bond acceptors (Lipinski definition) is 3. The van der Waals surface area contributed by atoms with E-state index in [0.717, 1.165) is 29.3 Å². The zero-order chi connectivity index (χ0) is 22.2. The number of H-pyrrole nitrogens is 1. The summed E-state index contributed by atoms with van der Waals surface area (Å²) in [5.74, 6) is -2.41. The molecular weight excluding hydrogens is 434 g/mol. The standard InChI is InChI=1S/C25H17ClF2N2O2/c26-16-8-4-5-14(11-16)12-19-21(15-6-2-1-3-7-15)22-24(32-25(19)31)30-23(29-22)18-13-17(27)9-10-20(18)28/h1-11,13,19,21H,12H2,(H,29,30). The van der Waals surface area contributed by atoms with Crippen LogP contribution in [-0.4, -0.2) is 15.9 Å². The highest BCUT2D eigenvalue weighted by atomic mass is 35.5. The van der Waals surface area contributed by atoms with E-state index < -0.39 is 29.4 Å². The van der Waals surface area contributed by atoms with E-state index in [1.54, 1.807) is 6.07 Å². The predicted octanol–water partition coefficient (Wildman–Crippen LogP) is 5.92. The summed E-state index contributed by atoms with van der Waals surface area (Å²) in [6.45, 7) is 0. The van der Waals surface area contributed by atoms with Crippen LogP contribution in [0.15, 0.2) is 72.8 Å². The molecule has 7 heteroatoms. The largest absolute Gasteiger partial charge is 0.407 e. The number of nitrogens with zero attached hydrogens (tertiary/aromatic N) is 1. The first-order chi connectivity index (χ1) is 15.5. The van der Waals surface area contributed by atoms with E-state index in [4.69, 9.17) is 16.3 Å². The third-order valence-electron chi connectivity index (χ3n) is 5.59. The number of nitrogens with one attached hydrogen (secondary N) is 1. The van der Waals surface area contributed by atoms with E-state index in [9.17, 15) is 13.6 Å². The average molecular weight is 451 g/mol. The van der Waals surface area contributed by atoms with Crippen molar-refractivity contribution in [3.05, 3.63) is 106 Å². The van der Waals surface area contributed by atoms with Gasteiger partial charge in [0, 0.05) is 10.9 Å². The van der Waals surface area contributed by atoms with Crippen molar-refractivity contribution in [2.75, 3.05) is 0 Å². The lowest BCUT2D eigenvalue weighted by atomic mass is 9.79. The Morgan fingerprint density at radius 1 is 1.00 bits per heavy atom. The summed E-state index contributed by atoms with van der Waals surface area (Å²) in [5.41, 5.74) is 2.20. The first-order valence-electron chi connectivity index (χ1n) is 10.1. The van der Waals surface area contributed by atoms with Crippen LogP contribution < -0.4 is 4.74 Å². The molecule has 0 bridgehead atoms. The van der Waals surface area contributed by atoms with Crippen molar-refractivity contribution in [3.8, 4) is 17.3 Å². The maximum atomic E-state index is 14.4. The van der Waals surface area contributed by atoms with Crippen LogP contribution >= 0.6 is 11.6 Å². The van der Waals surface area contributed by atoms with Gasteiger partial charge in [-0.15, -0.1) is 0 Å². The maximum absolute atomic E-state index is 14.4. The number of aromatic amines is 1. The molecule has 160 valence electrons. The quantitative estimate of drug-likeness (QED) is 0.393. The van der Waals surface area contributed by atoms with Gasteiger partial charge in [-0.2, -0.15) is 0 Å². The highest BCUT2D eigenvalue weighted by molar-refractivity contribution is 6.30. The third kappa shape index (κ3) is 3.78. The number of halogens is 3. The lowest BCUT2D eigenvalue weighted by Gasteiger charge is -2.29. The van der Waals surface area contributed by atoms with Crippen LogP contribution in [0.4, 0.5) is 8.78 Å². The van der Waals surface area contributed by atoms with E-state index >= 15 is 0 Å². The molecule has 2 atom stereocenters. The summed E-state index contributed by atoms with van der Waals surface area (Å²) < 4.78 is 33.7. The molecule has 0 aliphatic carbocycles. The molecule has 0 radical (unpaired) electrons. The van der Waals surface area contributed by atoms with E-state index in [1.165, 1.54) is 0 Å². The molecule has 5 rings (SSSR count). The highest BCUT2D eigenvalue weighted by Gasteiger charge is 2.41. The summed E-state index contributed by atoms with van der Waals surface area (Å²) in [4.78, 5) is 20.5. The highest BCUT2D eigenvalue weighted by Crippen LogP contribution is 2.43. The van der Waals surface area contributed by atoms with Crippen LogP contribution in [0.5, 0.6) is 5.88 Å². The number of ether oxygens (including phenoxy) is 1. The van der Waals surface area contributed by atoms with Gasteiger partial charge >= 0.3 is 5.97 Å². The Morgan fingerprint density at radius 2 is 1.81 bits per heavy atom. The van der Waals surface area contributed by atoms with Gasteiger partial charge in [-0.3, -0.25) is 4.79 Å². The first-order valence-corrected chi connectivity index (χ1v) is 10.4. The molecule has 1 N–H and O–H groups in total. The summed E-state index contributed by atoms with van der Waals surface area (Å²) >= 11 is 6.13. The van der Waals surface area contributed by atoms with Crippen LogP contribution in [0.25, 0.3) is 11.4 Å². The second kappa shape index (κ2) is 8.20. The number of aromatic nitrogens is 2. The Labute approximate surface area is 187 Å². The number of fused-ring (bicyclic) bond motifs is 1. The van der Waals surface area contributed by atoms with Crippen LogP contribution in [0.3, 0.4) is 0 Å². The number of rotatable bonds is 4. The van der Waals surface area contributed by atoms with Crippen LogP contribution in [-0.2, 0) is 11.2 Å². The molecule has 1 aromatic heterocycles. The fourth-order valence-electron chi connectivity index (χ4n) is 4.14. The normalized spacial score (nSPS) is 17.7. The molecule has 0 saturated carbocycles. The molecule has 1 aliphatic heterocycles. The first kappa shape index (κ1) is 20.4. The van der Waals surface area contributed by atoms with E-state index in [-0.39, 0.29) is 17.3 Å². The Kier molecular flexibility index (Phi) is 5.23. The summed E-state index contributed by atoms with van der Waals surface area (Å²) in [5, 5.41) is 0.576. The zero-order valence-electron chi connectivity index (χ0n) is 16.7. The molecule has 0 amide bonds. The number of carbonyl (C=O) groups excluding carboxylic acids is 1. The topological polar surface area (TPSA) is 55.0 Å².